The monoisotopic (exact) mass is 317 g/mol. The van der Waals surface area contributed by atoms with Crippen LogP contribution in [0.25, 0.3) is 0 Å². The van der Waals surface area contributed by atoms with Crippen molar-refractivity contribution in [3.05, 3.63) is 29.3 Å². The third-order valence-corrected chi connectivity index (χ3v) is 3.42. The Bertz CT molecular complexity index is 456. The van der Waals surface area contributed by atoms with Gasteiger partial charge in [-0.2, -0.15) is 5.26 Å². The fraction of sp³-hybridized carbons (Fsp3) is 0.500. The van der Waals surface area contributed by atoms with E-state index < -0.39 is 0 Å². The van der Waals surface area contributed by atoms with Crippen LogP contribution >= 0.6 is 24.8 Å². The summed E-state index contributed by atoms with van der Waals surface area (Å²) in [5.74, 6) is 0.300. The normalized spacial score (nSPS) is 16.4. The predicted molar refractivity (Wildman–Crippen MR) is 84.8 cm³/mol. The summed E-state index contributed by atoms with van der Waals surface area (Å²) >= 11 is 0. The number of rotatable bonds is 3. The molecule has 112 valence electrons. The van der Waals surface area contributed by atoms with E-state index in [-0.39, 0.29) is 30.9 Å². The van der Waals surface area contributed by atoms with E-state index in [4.69, 9.17) is 5.26 Å². The van der Waals surface area contributed by atoms with Crippen molar-refractivity contribution in [1.82, 2.24) is 10.2 Å². The first kappa shape index (κ1) is 19.0. The molecule has 0 unspecified atom stereocenters. The predicted octanol–water partition coefficient (Wildman–Crippen LogP) is 2.40. The molecule has 1 aromatic rings. The van der Waals surface area contributed by atoms with Crippen LogP contribution in [0.3, 0.4) is 0 Å². The van der Waals surface area contributed by atoms with E-state index >= 15 is 0 Å². The van der Waals surface area contributed by atoms with Crippen molar-refractivity contribution in [1.29, 1.82) is 5.26 Å². The quantitative estimate of drug-likeness (QED) is 0.898. The highest BCUT2D eigenvalue weighted by molar-refractivity contribution is 5.85. The third-order valence-electron chi connectivity index (χ3n) is 3.42. The molecule has 0 aliphatic carbocycles. The number of benzene rings is 1. The zero-order valence-corrected chi connectivity index (χ0v) is 13.1. The summed E-state index contributed by atoms with van der Waals surface area (Å²) in [7, 11) is 0. The van der Waals surface area contributed by atoms with E-state index in [0.29, 0.717) is 12.2 Å². The number of phenols is 1. The zero-order chi connectivity index (χ0) is 13.0. The summed E-state index contributed by atoms with van der Waals surface area (Å²) in [5.41, 5.74) is 1.90. The highest BCUT2D eigenvalue weighted by Gasteiger charge is 2.24. The van der Waals surface area contributed by atoms with Gasteiger partial charge in [-0.1, -0.05) is 12.1 Å². The fourth-order valence-corrected chi connectivity index (χ4v) is 2.45. The molecular formula is C14H21Cl2N3O. The van der Waals surface area contributed by atoms with Crippen LogP contribution in [-0.4, -0.2) is 36.2 Å². The van der Waals surface area contributed by atoms with Crippen molar-refractivity contribution in [3.8, 4) is 11.8 Å². The molecule has 0 spiro atoms. The fourth-order valence-electron chi connectivity index (χ4n) is 2.45. The standard InChI is InChI=1S/C14H19N3O.2ClH/c1-11-2-3-12(14(18)10-11)13(4-5-15)17-8-6-16-7-9-17;;/h2-3,10,13,16,18H,4,6-9H2,1H3;2*1H/t13-;;/m1../s1. The van der Waals surface area contributed by atoms with Crippen LogP contribution in [0.2, 0.25) is 0 Å². The van der Waals surface area contributed by atoms with Crippen LogP contribution in [0.1, 0.15) is 23.6 Å². The molecule has 0 radical (unpaired) electrons. The molecule has 2 rings (SSSR count). The van der Waals surface area contributed by atoms with Crippen molar-refractivity contribution in [2.75, 3.05) is 26.2 Å². The van der Waals surface area contributed by atoms with Gasteiger partial charge in [0.1, 0.15) is 5.75 Å². The molecule has 0 saturated carbocycles. The molecule has 1 atom stereocenters. The molecule has 20 heavy (non-hydrogen) atoms. The van der Waals surface area contributed by atoms with Gasteiger partial charge < -0.3 is 10.4 Å². The van der Waals surface area contributed by atoms with E-state index in [1.165, 1.54) is 0 Å². The molecule has 1 aliphatic heterocycles. The van der Waals surface area contributed by atoms with Crippen LogP contribution in [-0.2, 0) is 0 Å². The number of aromatic hydroxyl groups is 1. The summed E-state index contributed by atoms with van der Waals surface area (Å²) in [5, 5.41) is 22.4. The lowest BCUT2D eigenvalue weighted by atomic mass is 9.99. The first-order valence-corrected chi connectivity index (χ1v) is 6.33. The third kappa shape index (κ3) is 4.53. The summed E-state index contributed by atoms with van der Waals surface area (Å²) in [6.45, 7) is 5.66. The highest BCUT2D eigenvalue weighted by atomic mass is 35.5. The number of halogens is 2. The van der Waals surface area contributed by atoms with Crippen LogP contribution in [0, 0.1) is 18.3 Å². The van der Waals surface area contributed by atoms with E-state index in [1.807, 2.05) is 19.1 Å². The first-order valence-electron chi connectivity index (χ1n) is 6.33. The largest absolute Gasteiger partial charge is 0.508 e. The molecule has 4 nitrogen and oxygen atoms in total. The Morgan fingerprint density at radius 1 is 1.35 bits per heavy atom. The second-order valence-electron chi connectivity index (χ2n) is 4.73. The average Bonchev–Trinajstić information content (AvgIpc) is 2.38. The molecule has 2 N–H and O–H groups in total. The van der Waals surface area contributed by atoms with Gasteiger partial charge >= 0.3 is 0 Å². The number of piperazine rings is 1. The lowest BCUT2D eigenvalue weighted by molar-refractivity contribution is 0.173. The first-order chi connectivity index (χ1) is 8.72. The molecule has 1 saturated heterocycles. The molecular weight excluding hydrogens is 297 g/mol. The molecule has 1 heterocycles. The minimum absolute atomic E-state index is 0. The SMILES string of the molecule is Cc1ccc([C@@H](CC#N)N2CCNCC2)c(O)c1.Cl.Cl. The van der Waals surface area contributed by atoms with E-state index in [0.717, 1.165) is 37.3 Å². The molecule has 0 bridgehead atoms. The van der Waals surface area contributed by atoms with Crippen LogP contribution < -0.4 is 5.32 Å². The lowest BCUT2D eigenvalue weighted by Crippen LogP contribution is -2.45. The Morgan fingerprint density at radius 3 is 2.55 bits per heavy atom. The van der Waals surface area contributed by atoms with Gasteiger partial charge in [0.2, 0.25) is 0 Å². The maximum Gasteiger partial charge on any atom is 0.120 e. The van der Waals surface area contributed by atoms with Gasteiger partial charge in [-0.3, -0.25) is 4.90 Å². The smallest absolute Gasteiger partial charge is 0.120 e. The Hall–Kier alpha value is -0.990. The Kier molecular flexibility index (Phi) is 8.59. The maximum atomic E-state index is 10.1. The summed E-state index contributed by atoms with van der Waals surface area (Å²) < 4.78 is 0. The van der Waals surface area contributed by atoms with Crippen molar-refractivity contribution < 1.29 is 5.11 Å². The number of nitrogens with one attached hydrogen (secondary N) is 1. The van der Waals surface area contributed by atoms with Crippen LogP contribution in [0.15, 0.2) is 18.2 Å². The second kappa shape index (κ2) is 9.04. The van der Waals surface area contributed by atoms with Crippen LogP contribution in [0.5, 0.6) is 5.75 Å². The number of hydrogen-bond acceptors (Lipinski definition) is 4. The van der Waals surface area contributed by atoms with Gasteiger partial charge in [-0.25, -0.2) is 0 Å². The van der Waals surface area contributed by atoms with Crippen molar-refractivity contribution in [2.45, 2.75) is 19.4 Å². The van der Waals surface area contributed by atoms with E-state index in [9.17, 15) is 5.11 Å². The maximum absolute atomic E-state index is 10.1. The van der Waals surface area contributed by atoms with Gasteiger partial charge in [0, 0.05) is 31.7 Å². The lowest BCUT2D eigenvalue weighted by Gasteiger charge is -2.34. The molecule has 0 amide bonds. The number of nitrogens with zero attached hydrogens (tertiary/aromatic N) is 2. The highest BCUT2D eigenvalue weighted by Crippen LogP contribution is 2.31. The topological polar surface area (TPSA) is 59.3 Å². The summed E-state index contributed by atoms with van der Waals surface area (Å²) in [4.78, 5) is 2.27. The number of aryl methyl sites for hydroxylation is 1. The van der Waals surface area contributed by atoms with Gasteiger partial charge in [0.15, 0.2) is 0 Å². The van der Waals surface area contributed by atoms with Gasteiger partial charge in [-0.15, -0.1) is 24.8 Å². The average molecular weight is 318 g/mol. The van der Waals surface area contributed by atoms with E-state index in [2.05, 4.69) is 16.3 Å². The summed E-state index contributed by atoms with van der Waals surface area (Å²) in [6.07, 6.45) is 0.413. The van der Waals surface area contributed by atoms with Gasteiger partial charge in [0.05, 0.1) is 18.5 Å². The Labute approximate surface area is 132 Å². The van der Waals surface area contributed by atoms with Crippen molar-refractivity contribution >= 4 is 24.8 Å². The zero-order valence-electron chi connectivity index (χ0n) is 11.5. The minimum atomic E-state index is -0.00213. The molecule has 0 aromatic heterocycles. The van der Waals surface area contributed by atoms with Crippen LogP contribution in [0.4, 0.5) is 0 Å². The van der Waals surface area contributed by atoms with Gasteiger partial charge in [0.25, 0.3) is 0 Å². The number of hydrogen-bond donors (Lipinski definition) is 2. The Balaban J connectivity index is 0.00000180. The minimum Gasteiger partial charge on any atom is -0.508 e. The molecule has 1 aliphatic rings. The second-order valence-corrected chi connectivity index (χ2v) is 4.73. The van der Waals surface area contributed by atoms with E-state index in [1.54, 1.807) is 6.07 Å². The van der Waals surface area contributed by atoms with Crippen molar-refractivity contribution in [2.24, 2.45) is 0 Å². The molecule has 1 fully saturated rings. The summed E-state index contributed by atoms with van der Waals surface area (Å²) in [6, 6.07) is 7.92. The molecule has 6 heteroatoms. The Morgan fingerprint density at radius 2 is 2.00 bits per heavy atom. The number of phenolic OH excluding ortho intramolecular Hbond substituents is 1. The molecule has 1 aromatic carbocycles. The number of nitriles is 1. The van der Waals surface area contributed by atoms with Gasteiger partial charge in [-0.05, 0) is 18.6 Å². The van der Waals surface area contributed by atoms with Crippen molar-refractivity contribution in [3.63, 3.8) is 0 Å².